The van der Waals surface area contributed by atoms with Crippen molar-refractivity contribution in [2.45, 2.75) is 53.6 Å². The maximum atomic E-state index is 12.2. The minimum Gasteiger partial charge on any atom is -0.348 e. The third-order valence-corrected chi connectivity index (χ3v) is 3.80. The molecule has 0 radical (unpaired) electrons. The minimum atomic E-state index is -0.264. The molecule has 0 saturated carbocycles. The Kier molecular flexibility index (Phi) is 5.30. The molecule has 1 amide bonds. The van der Waals surface area contributed by atoms with Crippen LogP contribution >= 0.6 is 0 Å². The van der Waals surface area contributed by atoms with Gasteiger partial charge >= 0.3 is 0 Å². The number of nitrogens with zero attached hydrogens (tertiary/aromatic N) is 5. The summed E-state index contributed by atoms with van der Waals surface area (Å²) < 4.78 is 1.59. The van der Waals surface area contributed by atoms with Crippen LogP contribution in [0.5, 0.6) is 0 Å². The molecule has 0 atom stereocenters. The molecule has 1 N–H and O–H groups in total. The predicted molar refractivity (Wildman–Crippen MR) is 89.6 cm³/mol. The molecular weight excluding hydrogens is 292 g/mol. The van der Waals surface area contributed by atoms with Crippen molar-refractivity contribution in [3.63, 3.8) is 0 Å². The van der Waals surface area contributed by atoms with Crippen LogP contribution in [0.15, 0.2) is 6.07 Å². The molecule has 0 unspecified atom stereocenters. The van der Waals surface area contributed by atoms with E-state index < -0.39 is 0 Å². The van der Waals surface area contributed by atoms with Gasteiger partial charge < -0.3 is 5.32 Å². The molecule has 0 spiro atoms. The lowest BCUT2D eigenvalue weighted by atomic mass is 10.2. The maximum Gasteiger partial charge on any atom is 0.291 e. The van der Waals surface area contributed by atoms with Gasteiger partial charge in [-0.1, -0.05) is 0 Å². The van der Waals surface area contributed by atoms with Crippen molar-refractivity contribution >= 4 is 11.7 Å². The molecule has 0 aliphatic heterocycles. The fraction of sp³-hybridized carbons (Fsp3) is 0.625. The number of aryl methyl sites for hydroxylation is 2. The summed E-state index contributed by atoms with van der Waals surface area (Å²) in [6, 6.07) is 2.79. The monoisotopic (exact) mass is 318 g/mol. The van der Waals surface area contributed by atoms with Crippen molar-refractivity contribution in [3.8, 4) is 0 Å². The van der Waals surface area contributed by atoms with Crippen molar-refractivity contribution in [1.29, 1.82) is 0 Å². The number of carbonyl (C=O) groups excluding carboxylic acids is 1. The summed E-state index contributed by atoms with van der Waals surface area (Å²) in [5, 5.41) is 7.13. The molecule has 23 heavy (non-hydrogen) atoms. The standard InChI is InChI=1S/C16H26N6O/c1-10(2)21(11(3)4)8-7-17-15(23)14-19-16-18-12(5)9-13(6)22(16)20-14/h9-11H,7-8H2,1-6H3,(H,17,23). The second-order valence-electron chi connectivity index (χ2n) is 6.37. The van der Waals surface area contributed by atoms with E-state index in [9.17, 15) is 4.79 Å². The smallest absolute Gasteiger partial charge is 0.291 e. The molecule has 7 heteroatoms. The van der Waals surface area contributed by atoms with Gasteiger partial charge in [0, 0.05) is 36.6 Å². The van der Waals surface area contributed by atoms with Gasteiger partial charge in [0.1, 0.15) is 0 Å². The molecule has 126 valence electrons. The number of aromatic nitrogens is 4. The highest BCUT2D eigenvalue weighted by Crippen LogP contribution is 2.06. The van der Waals surface area contributed by atoms with Gasteiger partial charge in [0.15, 0.2) is 0 Å². The Hall–Kier alpha value is -2.02. The Bertz CT molecular complexity index is 683. The Morgan fingerprint density at radius 3 is 2.48 bits per heavy atom. The number of fused-ring (bicyclic) bond motifs is 1. The summed E-state index contributed by atoms with van der Waals surface area (Å²) >= 11 is 0. The van der Waals surface area contributed by atoms with Gasteiger partial charge in [-0.25, -0.2) is 9.50 Å². The van der Waals surface area contributed by atoms with Gasteiger partial charge in [-0.15, -0.1) is 5.10 Å². The highest BCUT2D eigenvalue weighted by Gasteiger charge is 2.16. The van der Waals surface area contributed by atoms with Crippen LogP contribution in [0.2, 0.25) is 0 Å². The summed E-state index contributed by atoms with van der Waals surface area (Å²) in [7, 11) is 0. The van der Waals surface area contributed by atoms with Gasteiger partial charge in [-0.2, -0.15) is 4.98 Å². The van der Waals surface area contributed by atoms with Gasteiger partial charge in [-0.3, -0.25) is 9.69 Å². The molecule has 2 aromatic rings. The van der Waals surface area contributed by atoms with E-state index in [2.05, 4.69) is 53.0 Å². The van der Waals surface area contributed by atoms with Crippen molar-refractivity contribution in [2.24, 2.45) is 0 Å². The van der Waals surface area contributed by atoms with Crippen molar-refractivity contribution in [1.82, 2.24) is 29.8 Å². The van der Waals surface area contributed by atoms with E-state index in [0.29, 0.717) is 24.4 Å². The van der Waals surface area contributed by atoms with Gasteiger partial charge in [0.25, 0.3) is 11.7 Å². The summed E-state index contributed by atoms with van der Waals surface area (Å²) in [4.78, 5) is 23.1. The zero-order valence-corrected chi connectivity index (χ0v) is 14.8. The van der Waals surface area contributed by atoms with Crippen LogP contribution in [-0.4, -0.2) is 55.6 Å². The zero-order valence-electron chi connectivity index (χ0n) is 14.8. The van der Waals surface area contributed by atoms with Gasteiger partial charge in [-0.05, 0) is 47.6 Å². The lowest BCUT2D eigenvalue weighted by molar-refractivity contribution is 0.0929. The lowest BCUT2D eigenvalue weighted by Gasteiger charge is -2.30. The summed E-state index contributed by atoms with van der Waals surface area (Å²) in [6.07, 6.45) is 0. The highest BCUT2D eigenvalue weighted by molar-refractivity contribution is 5.90. The first-order valence-corrected chi connectivity index (χ1v) is 8.04. The highest BCUT2D eigenvalue weighted by atomic mass is 16.2. The largest absolute Gasteiger partial charge is 0.348 e. The molecule has 2 rings (SSSR count). The predicted octanol–water partition coefficient (Wildman–Crippen LogP) is 1.59. The number of hydrogen-bond donors (Lipinski definition) is 1. The van der Waals surface area contributed by atoms with Gasteiger partial charge in [0.05, 0.1) is 0 Å². The van der Waals surface area contributed by atoms with Crippen LogP contribution in [0.4, 0.5) is 0 Å². The van der Waals surface area contributed by atoms with Crippen LogP contribution in [-0.2, 0) is 0 Å². The first kappa shape index (κ1) is 17.3. The van der Waals surface area contributed by atoms with E-state index in [1.54, 1.807) is 4.52 Å². The topological polar surface area (TPSA) is 75.4 Å². The quantitative estimate of drug-likeness (QED) is 0.875. The first-order chi connectivity index (χ1) is 10.8. The third-order valence-electron chi connectivity index (χ3n) is 3.80. The zero-order chi connectivity index (χ0) is 17.1. The minimum absolute atomic E-state index is 0.159. The average molecular weight is 318 g/mol. The molecule has 0 aliphatic carbocycles. The van der Waals surface area contributed by atoms with Crippen LogP contribution in [0.1, 0.15) is 49.7 Å². The van der Waals surface area contributed by atoms with Crippen LogP contribution in [0.25, 0.3) is 5.78 Å². The Balaban J connectivity index is 2.03. The number of hydrogen-bond acceptors (Lipinski definition) is 5. The lowest BCUT2D eigenvalue weighted by Crippen LogP contribution is -2.42. The third kappa shape index (κ3) is 4.04. The van der Waals surface area contributed by atoms with Crippen molar-refractivity contribution in [2.75, 3.05) is 13.1 Å². The summed E-state index contributed by atoms with van der Waals surface area (Å²) in [5.41, 5.74) is 1.77. The first-order valence-electron chi connectivity index (χ1n) is 8.04. The molecule has 2 aromatic heterocycles. The van der Waals surface area contributed by atoms with Crippen LogP contribution in [0, 0.1) is 13.8 Å². The fourth-order valence-corrected chi connectivity index (χ4v) is 2.75. The number of rotatable bonds is 6. The number of amides is 1. The number of carbonyl (C=O) groups is 1. The molecule has 7 nitrogen and oxygen atoms in total. The Morgan fingerprint density at radius 2 is 1.87 bits per heavy atom. The van der Waals surface area contributed by atoms with E-state index in [1.165, 1.54) is 0 Å². The van der Waals surface area contributed by atoms with E-state index in [0.717, 1.165) is 17.9 Å². The Labute approximate surface area is 137 Å². The fourth-order valence-electron chi connectivity index (χ4n) is 2.75. The second kappa shape index (κ2) is 7.04. The van der Waals surface area contributed by atoms with Crippen molar-refractivity contribution in [3.05, 3.63) is 23.3 Å². The molecule has 0 saturated heterocycles. The second-order valence-corrected chi connectivity index (χ2v) is 6.37. The van der Waals surface area contributed by atoms with Crippen LogP contribution < -0.4 is 5.32 Å². The van der Waals surface area contributed by atoms with E-state index in [4.69, 9.17) is 0 Å². The molecule has 0 bridgehead atoms. The number of nitrogens with one attached hydrogen (secondary N) is 1. The normalized spacial score (nSPS) is 11.9. The maximum absolute atomic E-state index is 12.2. The Morgan fingerprint density at radius 1 is 1.22 bits per heavy atom. The van der Waals surface area contributed by atoms with E-state index in [-0.39, 0.29) is 11.7 Å². The average Bonchev–Trinajstić information content (AvgIpc) is 2.86. The van der Waals surface area contributed by atoms with Crippen molar-refractivity contribution < 1.29 is 4.79 Å². The molecular formula is C16H26N6O. The van der Waals surface area contributed by atoms with Crippen LogP contribution in [0.3, 0.4) is 0 Å². The summed E-state index contributed by atoms with van der Waals surface area (Å²) in [5.74, 6) is 0.352. The van der Waals surface area contributed by atoms with Gasteiger partial charge in [0.2, 0.25) is 5.82 Å². The molecule has 2 heterocycles. The molecule has 0 aromatic carbocycles. The van der Waals surface area contributed by atoms with E-state index in [1.807, 2.05) is 19.9 Å². The SMILES string of the molecule is Cc1cc(C)n2nc(C(=O)NCCN(C(C)C)C(C)C)nc2n1. The summed E-state index contributed by atoms with van der Waals surface area (Å²) in [6.45, 7) is 13.8. The molecule has 0 fully saturated rings. The van der Waals surface area contributed by atoms with E-state index >= 15 is 0 Å². The molecule has 0 aliphatic rings.